The number of nitrogens with zero attached hydrogens (tertiary/aromatic N) is 1. The van der Waals surface area contributed by atoms with Crippen LogP contribution < -0.4 is 5.73 Å². The minimum atomic E-state index is -0.430. The van der Waals surface area contributed by atoms with Crippen LogP contribution in [0.2, 0.25) is 0 Å². The lowest BCUT2D eigenvalue weighted by Gasteiger charge is -2.35. The number of amides is 1. The Morgan fingerprint density at radius 2 is 2.31 bits per heavy atom. The van der Waals surface area contributed by atoms with E-state index in [9.17, 15) is 4.79 Å². The summed E-state index contributed by atoms with van der Waals surface area (Å²) in [5.74, 6) is 0.513. The molecule has 13 heavy (non-hydrogen) atoms. The van der Waals surface area contributed by atoms with Crippen LogP contribution in [0.1, 0.15) is 20.3 Å². The van der Waals surface area contributed by atoms with Crippen LogP contribution in [-0.2, 0) is 4.79 Å². The van der Waals surface area contributed by atoms with Gasteiger partial charge in [-0.25, -0.2) is 0 Å². The fourth-order valence-electron chi connectivity index (χ4n) is 1.55. The second-order valence-corrected chi connectivity index (χ2v) is 4.48. The van der Waals surface area contributed by atoms with Crippen LogP contribution in [0.15, 0.2) is 0 Å². The van der Waals surface area contributed by atoms with Crippen LogP contribution in [0.3, 0.4) is 0 Å². The van der Waals surface area contributed by atoms with Crippen molar-refractivity contribution >= 4 is 17.5 Å². The molecule has 0 spiro atoms. The zero-order chi connectivity index (χ0) is 10.0. The van der Waals surface area contributed by atoms with Crippen molar-refractivity contribution in [3.8, 4) is 0 Å². The molecule has 4 heteroatoms. The predicted octanol–water partition coefficient (Wildman–Crippen LogP) is 0.809. The molecule has 0 aromatic rings. The Bertz CT molecular complexity index is 196. The first kappa shape index (κ1) is 10.8. The molecule has 1 rings (SSSR count). The summed E-state index contributed by atoms with van der Waals surface area (Å²) in [6.45, 7) is 5.27. The largest absolute Gasteiger partial charge is 0.340 e. The Hall–Kier alpha value is -0.280. The molecule has 2 N–H and O–H groups in total. The summed E-state index contributed by atoms with van der Waals surface area (Å²) < 4.78 is 0. The third-order valence-electron chi connectivity index (χ3n) is 2.67. The lowest BCUT2D eigenvalue weighted by Crippen LogP contribution is -2.51. The third-order valence-corrected chi connectivity index (χ3v) is 2.86. The van der Waals surface area contributed by atoms with E-state index in [2.05, 4.69) is 6.92 Å². The number of carbonyl (C=O) groups is 1. The fourth-order valence-corrected chi connectivity index (χ4v) is 1.69. The molecule has 1 aliphatic rings. The zero-order valence-electron chi connectivity index (χ0n) is 8.16. The standard InChI is InChI=1S/C9H17ClN2O/c1-6-3-4-12(5-8(6)11)9(13)7(2)10/h6-8H,3-5,11H2,1-2H3. The van der Waals surface area contributed by atoms with Gasteiger partial charge in [-0.3, -0.25) is 4.79 Å². The van der Waals surface area contributed by atoms with Gasteiger partial charge < -0.3 is 10.6 Å². The summed E-state index contributed by atoms with van der Waals surface area (Å²) in [7, 11) is 0. The zero-order valence-corrected chi connectivity index (χ0v) is 8.92. The Morgan fingerprint density at radius 3 is 2.77 bits per heavy atom. The summed E-state index contributed by atoms with van der Waals surface area (Å²) in [5.41, 5.74) is 5.87. The van der Waals surface area contributed by atoms with Crippen LogP contribution in [-0.4, -0.2) is 35.3 Å². The molecule has 1 amide bonds. The lowest BCUT2D eigenvalue weighted by atomic mass is 9.94. The van der Waals surface area contributed by atoms with E-state index in [0.29, 0.717) is 12.5 Å². The molecule has 1 saturated heterocycles. The molecule has 1 heterocycles. The van der Waals surface area contributed by atoms with Crippen molar-refractivity contribution in [2.45, 2.75) is 31.7 Å². The van der Waals surface area contributed by atoms with Gasteiger partial charge in [0.25, 0.3) is 0 Å². The number of hydrogen-bond donors (Lipinski definition) is 1. The average molecular weight is 205 g/mol. The van der Waals surface area contributed by atoms with Crippen LogP contribution in [0.5, 0.6) is 0 Å². The van der Waals surface area contributed by atoms with Crippen molar-refractivity contribution in [3.05, 3.63) is 0 Å². The van der Waals surface area contributed by atoms with Gasteiger partial charge in [-0.15, -0.1) is 11.6 Å². The van der Waals surface area contributed by atoms with E-state index in [4.69, 9.17) is 17.3 Å². The van der Waals surface area contributed by atoms with Crippen molar-refractivity contribution in [3.63, 3.8) is 0 Å². The van der Waals surface area contributed by atoms with E-state index in [1.165, 1.54) is 0 Å². The van der Waals surface area contributed by atoms with Crippen LogP contribution in [0.4, 0.5) is 0 Å². The number of nitrogens with two attached hydrogens (primary N) is 1. The molecule has 0 bridgehead atoms. The van der Waals surface area contributed by atoms with Crippen LogP contribution >= 0.6 is 11.6 Å². The highest BCUT2D eigenvalue weighted by molar-refractivity contribution is 6.30. The predicted molar refractivity (Wildman–Crippen MR) is 53.7 cm³/mol. The number of rotatable bonds is 1. The maximum Gasteiger partial charge on any atom is 0.240 e. The minimum absolute atomic E-state index is 0.00372. The van der Waals surface area contributed by atoms with Gasteiger partial charge in [-0.2, -0.15) is 0 Å². The normalized spacial score (nSPS) is 31.5. The summed E-state index contributed by atoms with van der Waals surface area (Å²) >= 11 is 5.71. The highest BCUT2D eigenvalue weighted by Gasteiger charge is 2.27. The molecule has 3 nitrogen and oxygen atoms in total. The fraction of sp³-hybridized carbons (Fsp3) is 0.889. The quantitative estimate of drug-likeness (QED) is 0.643. The SMILES string of the molecule is CC(Cl)C(=O)N1CCC(C)C(N)C1. The molecule has 1 fully saturated rings. The molecule has 3 unspecified atom stereocenters. The topological polar surface area (TPSA) is 46.3 Å². The highest BCUT2D eigenvalue weighted by atomic mass is 35.5. The van der Waals surface area contributed by atoms with E-state index in [1.807, 2.05) is 0 Å². The molecule has 0 aromatic heterocycles. The molecule has 0 aliphatic carbocycles. The second-order valence-electron chi connectivity index (χ2n) is 3.83. The van der Waals surface area contributed by atoms with Crippen molar-refractivity contribution in [2.24, 2.45) is 11.7 Å². The van der Waals surface area contributed by atoms with E-state index in [0.717, 1.165) is 13.0 Å². The minimum Gasteiger partial charge on any atom is -0.340 e. The number of carbonyl (C=O) groups excluding carboxylic acids is 1. The third kappa shape index (κ3) is 2.58. The Kier molecular flexibility index (Phi) is 3.56. The lowest BCUT2D eigenvalue weighted by molar-refractivity contribution is -0.132. The van der Waals surface area contributed by atoms with Crippen LogP contribution in [0, 0.1) is 5.92 Å². The molecule has 76 valence electrons. The molecule has 0 aromatic carbocycles. The Balaban J connectivity index is 2.50. The van der Waals surface area contributed by atoms with Gasteiger partial charge in [-0.05, 0) is 19.3 Å². The first-order valence-electron chi connectivity index (χ1n) is 4.70. The van der Waals surface area contributed by atoms with Crippen molar-refractivity contribution in [1.29, 1.82) is 0 Å². The van der Waals surface area contributed by atoms with E-state index in [-0.39, 0.29) is 11.9 Å². The highest BCUT2D eigenvalue weighted by Crippen LogP contribution is 2.16. The second kappa shape index (κ2) is 4.29. The first-order valence-corrected chi connectivity index (χ1v) is 5.14. The summed E-state index contributed by atoms with van der Waals surface area (Å²) in [6, 6.07) is 0.105. The molecule has 1 aliphatic heterocycles. The number of hydrogen-bond acceptors (Lipinski definition) is 2. The Labute approximate surface area is 84.2 Å². The van der Waals surface area contributed by atoms with Gasteiger partial charge in [0.2, 0.25) is 5.91 Å². The molecule has 0 saturated carbocycles. The molecule has 0 radical (unpaired) electrons. The van der Waals surface area contributed by atoms with Gasteiger partial charge in [0, 0.05) is 19.1 Å². The number of alkyl halides is 1. The number of likely N-dealkylation sites (tertiary alicyclic amines) is 1. The molecular formula is C9H17ClN2O. The monoisotopic (exact) mass is 204 g/mol. The molecule has 3 atom stereocenters. The molecular weight excluding hydrogens is 188 g/mol. The van der Waals surface area contributed by atoms with Crippen LogP contribution in [0.25, 0.3) is 0 Å². The van der Waals surface area contributed by atoms with E-state index < -0.39 is 5.38 Å². The van der Waals surface area contributed by atoms with E-state index >= 15 is 0 Å². The summed E-state index contributed by atoms with van der Waals surface area (Å²) in [6.07, 6.45) is 0.983. The van der Waals surface area contributed by atoms with Gasteiger partial charge >= 0.3 is 0 Å². The van der Waals surface area contributed by atoms with Gasteiger partial charge in [-0.1, -0.05) is 6.92 Å². The van der Waals surface area contributed by atoms with E-state index in [1.54, 1.807) is 11.8 Å². The summed E-state index contributed by atoms with van der Waals surface area (Å²) in [4.78, 5) is 13.3. The smallest absolute Gasteiger partial charge is 0.240 e. The number of piperidine rings is 1. The van der Waals surface area contributed by atoms with Gasteiger partial charge in [0.15, 0.2) is 0 Å². The maximum absolute atomic E-state index is 11.5. The van der Waals surface area contributed by atoms with Crippen molar-refractivity contribution < 1.29 is 4.79 Å². The van der Waals surface area contributed by atoms with Gasteiger partial charge in [0.1, 0.15) is 5.38 Å². The van der Waals surface area contributed by atoms with Gasteiger partial charge in [0.05, 0.1) is 0 Å². The first-order chi connectivity index (χ1) is 6.02. The van der Waals surface area contributed by atoms with Crippen molar-refractivity contribution in [2.75, 3.05) is 13.1 Å². The summed E-state index contributed by atoms with van der Waals surface area (Å²) in [5, 5.41) is -0.430. The average Bonchev–Trinajstić information content (AvgIpc) is 2.08. The number of halogens is 1. The maximum atomic E-state index is 11.5. The Morgan fingerprint density at radius 1 is 1.69 bits per heavy atom. The van der Waals surface area contributed by atoms with Crippen molar-refractivity contribution in [1.82, 2.24) is 4.90 Å².